The second-order valence-corrected chi connectivity index (χ2v) is 5.05. The molecule has 0 heterocycles. The first kappa shape index (κ1) is 8.59. The zero-order chi connectivity index (χ0) is 8.39. The fraction of sp³-hybridized carbons (Fsp3) is 1.00. The molecule has 0 N–H and O–H groups in total. The number of hydrogen-bond acceptors (Lipinski definition) is 0. The van der Waals surface area contributed by atoms with Gasteiger partial charge >= 0.3 is 0 Å². The second kappa shape index (κ2) is 3.81. The van der Waals surface area contributed by atoms with Crippen LogP contribution >= 0.6 is 0 Å². The summed E-state index contributed by atoms with van der Waals surface area (Å²) in [6, 6.07) is 0. The normalized spacial score (nSPS) is 37.8. The quantitative estimate of drug-likeness (QED) is 0.581. The van der Waals surface area contributed by atoms with Crippen molar-refractivity contribution in [2.45, 2.75) is 58.3 Å². The van der Waals surface area contributed by atoms with Crippen LogP contribution in [0.1, 0.15) is 58.3 Å². The zero-order valence-corrected chi connectivity index (χ0v) is 8.39. The maximum atomic E-state index is 2.46. The lowest BCUT2D eigenvalue weighted by Crippen LogP contribution is -2.08. The maximum absolute atomic E-state index is 2.46. The molecule has 0 aromatic heterocycles. The van der Waals surface area contributed by atoms with Crippen molar-refractivity contribution in [3.05, 3.63) is 0 Å². The maximum Gasteiger partial charge on any atom is -0.0386 e. The molecule has 12 heavy (non-hydrogen) atoms. The Morgan fingerprint density at radius 2 is 1.67 bits per heavy atom. The van der Waals surface area contributed by atoms with Crippen LogP contribution in [0.4, 0.5) is 0 Å². The van der Waals surface area contributed by atoms with Gasteiger partial charge in [0.25, 0.3) is 0 Å². The molecule has 2 atom stereocenters. The first-order valence-corrected chi connectivity index (χ1v) is 5.86. The Hall–Kier alpha value is 0. The van der Waals surface area contributed by atoms with Crippen LogP contribution in [-0.2, 0) is 0 Å². The predicted molar refractivity (Wildman–Crippen MR) is 53.1 cm³/mol. The van der Waals surface area contributed by atoms with Gasteiger partial charge in [-0.1, -0.05) is 51.9 Å². The van der Waals surface area contributed by atoms with E-state index in [1.54, 1.807) is 19.3 Å². The predicted octanol–water partition coefficient (Wildman–Crippen LogP) is 4.00. The summed E-state index contributed by atoms with van der Waals surface area (Å²) < 4.78 is 0. The van der Waals surface area contributed by atoms with E-state index in [1.807, 2.05) is 0 Å². The van der Waals surface area contributed by atoms with Gasteiger partial charge in [0, 0.05) is 0 Å². The van der Waals surface area contributed by atoms with Crippen molar-refractivity contribution >= 4 is 0 Å². The van der Waals surface area contributed by atoms with Crippen LogP contribution in [0.5, 0.6) is 0 Å². The van der Waals surface area contributed by atoms with Gasteiger partial charge in [0.2, 0.25) is 0 Å². The summed E-state index contributed by atoms with van der Waals surface area (Å²) in [5.41, 5.74) is 0. The smallest absolute Gasteiger partial charge is 0.0386 e. The van der Waals surface area contributed by atoms with Crippen molar-refractivity contribution in [2.24, 2.45) is 17.8 Å². The minimum absolute atomic E-state index is 1.05. The highest BCUT2D eigenvalue weighted by molar-refractivity contribution is 4.78. The third-order valence-electron chi connectivity index (χ3n) is 4.15. The number of hydrogen-bond donors (Lipinski definition) is 0. The minimum atomic E-state index is 1.05. The van der Waals surface area contributed by atoms with E-state index in [2.05, 4.69) is 6.92 Å². The lowest BCUT2D eigenvalue weighted by atomic mass is 9.87. The van der Waals surface area contributed by atoms with E-state index in [1.165, 1.54) is 32.1 Å². The molecule has 2 aliphatic carbocycles. The molecule has 0 aromatic rings. The van der Waals surface area contributed by atoms with Gasteiger partial charge in [-0.2, -0.15) is 0 Å². The van der Waals surface area contributed by atoms with Gasteiger partial charge < -0.3 is 0 Å². The van der Waals surface area contributed by atoms with Crippen molar-refractivity contribution in [1.29, 1.82) is 0 Å². The fourth-order valence-electron chi connectivity index (χ4n) is 3.25. The number of rotatable bonds is 2. The van der Waals surface area contributed by atoms with Crippen molar-refractivity contribution < 1.29 is 0 Å². The Morgan fingerprint density at radius 1 is 0.917 bits per heavy atom. The lowest BCUT2D eigenvalue weighted by Gasteiger charge is -2.19. The van der Waals surface area contributed by atoms with Gasteiger partial charge in [0.1, 0.15) is 0 Å². The molecule has 0 aromatic carbocycles. The molecule has 0 bridgehead atoms. The van der Waals surface area contributed by atoms with Gasteiger partial charge in [-0.3, -0.25) is 0 Å². The Morgan fingerprint density at radius 3 is 2.25 bits per heavy atom. The molecule has 70 valence electrons. The van der Waals surface area contributed by atoms with E-state index in [0.717, 1.165) is 17.8 Å². The topological polar surface area (TPSA) is 0 Å². The first-order chi connectivity index (χ1) is 5.86. The molecular formula is C12H22. The van der Waals surface area contributed by atoms with Gasteiger partial charge in [0.15, 0.2) is 0 Å². The van der Waals surface area contributed by atoms with Gasteiger partial charge in [-0.15, -0.1) is 0 Å². The SMILES string of the molecule is CC1CCCC1CC1CCCC1. The minimum Gasteiger partial charge on any atom is -0.0622 e. The third-order valence-corrected chi connectivity index (χ3v) is 4.15. The fourth-order valence-corrected chi connectivity index (χ4v) is 3.25. The molecule has 0 aliphatic heterocycles. The Bertz CT molecular complexity index is 133. The molecule has 0 heteroatoms. The molecule has 2 saturated carbocycles. The van der Waals surface area contributed by atoms with Crippen LogP contribution in [0, 0.1) is 17.8 Å². The van der Waals surface area contributed by atoms with Crippen molar-refractivity contribution in [3.63, 3.8) is 0 Å². The highest BCUT2D eigenvalue weighted by Crippen LogP contribution is 2.39. The van der Waals surface area contributed by atoms with Gasteiger partial charge in [-0.25, -0.2) is 0 Å². The summed E-state index contributed by atoms with van der Waals surface area (Å²) in [5.74, 6) is 3.27. The molecule has 2 unspecified atom stereocenters. The Balaban J connectivity index is 1.77. The summed E-state index contributed by atoms with van der Waals surface area (Å²) in [6.45, 7) is 2.46. The van der Waals surface area contributed by atoms with E-state index in [9.17, 15) is 0 Å². The zero-order valence-electron chi connectivity index (χ0n) is 8.39. The van der Waals surface area contributed by atoms with E-state index < -0.39 is 0 Å². The van der Waals surface area contributed by atoms with Crippen LogP contribution in [-0.4, -0.2) is 0 Å². The van der Waals surface area contributed by atoms with Crippen LogP contribution in [0.3, 0.4) is 0 Å². The first-order valence-electron chi connectivity index (χ1n) is 5.86. The second-order valence-electron chi connectivity index (χ2n) is 5.05. The molecule has 0 nitrogen and oxygen atoms in total. The molecule has 2 rings (SSSR count). The average molecular weight is 166 g/mol. The van der Waals surface area contributed by atoms with E-state index in [0.29, 0.717) is 0 Å². The van der Waals surface area contributed by atoms with Crippen molar-refractivity contribution in [3.8, 4) is 0 Å². The van der Waals surface area contributed by atoms with E-state index in [4.69, 9.17) is 0 Å². The van der Waals surface area contributed by atoms with Gasteiger partial charge in [-0.05, 0) is 24.2 Å². The summed E-state index contributed by atoms with van der Waals surface area (Å²) in [4.78, 5) is 0. The third kappa shape index (κ3) is 1.84. The van der Waals surface area contributed by atoms with Crippen LogP contribution in [0.2, 0.25) is 0 Å². The molecule has 2 aliphatic rings. The lowest BCUT2D eigenvalue weighted by molar-refractivity contribution is 0.320. The van der Waals surface area contributed by atoms with Crippen LogP contribution < -0.4 is 0 Å². The highest BCUT2D eigenvalue weighted by Gasteiger charge is 2.27. The molecule has 0 radical (unpaired) electrons. The largest absolute Gasteiger partial charge is 0.0622 e. The van der Waals surface area contributed by atoms with Crippen LogP contribution in [0.15, 0.2) is 0 Å². The Kier molecular flexibility index (Phi) is 2.73. The monoisotopic (exact) mass is 166 g/mol. The Labute approximate surface area is 76.7 Å². The van der Waals surface area contributed by atoms with Crippen LogP contribution in [0.25, 0.3) is 0 Å². The molecule has 2 fully saturated rings. The van der Waals surface area contributed by atoms with Crippen molar-refractivity contribution in [2.75, 3.05) is 0 Å². The highest BCUT2D eigenvalue weighted by atomic mass is 14.3. The van der Waals surface area contributed by atoms with E-state index >= 15 is 0 Å². The van der Waals surface area contributed by atoms with Gasteiger partial charge in [0.05, 0.1) is 0 Å². The summed E-state index contributed by atoms with van der Waals surface area (Å²) in [5, 5.41) is 0. The molecule has 0 spiro atoms. The van der Waals surface area contributed by atoms with Crippen molar-refractivity contribution in [1.82, 2.24) is 0 Å². The molecule has 0 saturated heterocycles. The summed E-state index contributed by atoms with van der Waals surface area (Å²) in [6.07, 6.45) is 12.3. The average Bonchev–Trinajstić information content (AvgIpc) is 2.65. The standard InChI is InChI=1S/C12H22/c1-10-5-4-8-12(10)9-11-6-2-3-7-11/h10-12H,2-9H2,1H3. The summed E-state index contributed by atoms with van der Waals surface area (Å²) in [7, 11) is 0. The molecular weight excluding hydrogens is 144 g/mol. The molecule has 0 amide bonds. The summed E-state index contributed by atoms with van der Waals surface area (Å²) >= 11 is 0. The van der Waals surface area contributed by atoms with E-state index in [-0.39, 0.29) is 0 Å².